The van der Waals surface area contributed by atoms with Crippen molar-refractivity contribution >= 4 is 41.6 Å². The fourth-order valence-corrected chi connectivity index (χ4v) is 5.81. The van der Waals surface area contributed by atoms with Gasteiger partial charge < -0.3 is 9.64 Å². The van der Waals surface area contributed by atoms with Gasteiger partial charge >= 0.3 is 0 Å². The van der Waals surface area contributed by atoms with Crippen molar-refractivity contribution in [1.82, 2.24) is 9.62 Å². The number of morpholine rings is 1. The first-order valence-electron chi connectivity index (χ1n) is 10.9. The van der Waals surface area contributed by atoms with E-state index in [1.54, 1.807) is 0 Å². The molecule has 0 aliphatic carbocycles. The molecule has 18 heteroatoms. The van der Waals surface area contributed by atoms with Crippen LogP contribution in [-0.4, -0.2) is 108 Å². The van der Waals surface area contributed by atoms with Crippen LogP contribution in [0.15, 0.2) is 23.1 Å². The second kappa shape index (κ2) is 13.0. The van der Waals surface area contributed by atoms with Crippen LogP contribution in [0.2, 0.25) is 0 Å². The molecule has 0 aromatic heterocycles. The number of nitro groups is 1. The molecule has 0 radical (unpaired) electrons. The number of nitrogens with zero attached hydrogens (tertiary/aromatic N) is 3. The van der Waals surface area contributed by atoms with Crippen LogP contribution in [0, 0.1) is 10.1 Å². The molecular formula is C18H30N4O11S3. The van der Waals surface area contributed by atoms with Crippen LogP contribution in [-0.2, 0) is 35.0 Å². The molecule has 0 bridgehead atoms. The SMILES string of the molecule is O=[N+]([O-])c1ccc(N(CCCS(=O)(=O)O)CCCS(=O)(=O)O)c(S(=O)(=O)NCCN2CCOCC2)c1. The lowest BCUT2D eigenvalue weighted by atomic mass is 10.2. The predicted octanol–water partition coefficient (Wildman–Crippen LogP) is -0.432. The van der Waals surface area contributed by atoms with E-state index in [1.165, 1.54) is 11.0 Å². The molecule has 0 spiro atoms. The number of nitrogens with one attached hydrogen (secondary N) is 1. The van der Waals surface area contributed by atoms with E-state index in [9.17, 15) is 35.4 Å². The Morgan fingerprint density at radius 2 is 1.56 bits per heavy atom. The van der Waals surface area contributed by atoms with Gasteiger partial charge in [-0.3, -0.25) is 24.1 Å². The molecule has 1 fully saturated rings. The normalized spacial score (nSPS) is 15.6. The summed E-state index contributed by atoms with van der Waals surface area (Å²) in [5.74, 6) is -1.29. The molecule has 1 heterocycles. The minimum absolute atomic E-state index is 0.00990. The summed E-state index contributed by atoms with van der Waals surface area (Å²) in [7, 11) is -12.9. The maximum Gasteiger partial charge on any atom is 0.270 e. The smallest absolute Gasteiger partial charge is 0.270 e. The van der Waals surface area contributed by atoms with Gasteiger partial charge in [0.1, 0.15) is 4.90 Å². The zero-order valence-corrected chi connectivity index (χ0v) is 21.8. The van der Waals surface area contributed by atoms with E-state index in [1.807, 2.05) is 4.90 Å². The quantitative estimate of drug-likeness (QED) is 0.138. The topological polar surface area (TPSA) is 214 Å². The van der Waals surface area contributed by atoms with Gasteiger partial charge in [-0.1, -0.05) is 0 Å². The Labute approximate surface area is 210 Å². The summed E-state index contributed by atoms with van der Waals surface area (Å²) in [5, 5.41) is 11.3. The Kier molecular flexibility index (Phi) is 11.0. The summed E-state index contributed by atoms with van der Waals surface area (Å²) in [4.78, 5) is 13.4. The Bertz CT molecular complexity index is 1180. The zero-order valence-electron chi connectivity index (χ0n) is 19.4. The van der Waals surface area contributed by atoms with Crippen molar-refractivity contribution < 1.29 is 44.0 Å². The van der Waals surface area contributed by atoms with Gasteiger partial charge in [0.05, 0.1) is 35.3 Å². The van der Waals surface area contributed by atoms with Gasteiger partial charge in [0.2, 0.25) is 10.0 Å². The summed E-state index contributed by atoms with van der Waals surface area (Å²) in [6.45, 7) is 2.42. The second-order valence-corrected chi connectivity index (χ2v) is 12.9. The minimum atomic E-state index is -4.32. The van der Waals surface area contributed by atoms with Crippen LogP contribution in [0.5, 0.6) is 0 Å². The van der Waals surface area contributed by atoms with Gasteiger partial charge in [-0.25, -0.2) is 13.1 Å². The molecule has 1 aromatic carbocycles. The van der Waals surface area contributed by atoms with Gasteiger partial charge in [0.15, 0.2) is 0 Å². The standard InChI is InChI=1S/C18H30N4O11S3/c23-22(24)16-3-4-17(21(6-1-13-34(25,26)27)7-2-14-35(28,29)30)18(15-16)36(31,32)19-5-8-20-9-11-33-12-10-20/h3-4,15,19H,1-2,5-14H2,(H,25,26,27)(H,28,29,30). The highest BCUT2D eigenvalue weighted by molar-refractivity contribution is 7.89. The molecule has 0 unspecified atom stereocenters. The van der Waals surface area contributed by atoms with E-state index in [0.717, 1.165) is 12.1 Å². The molecule has 206 valence electrons. The number of hydrogen-bond donors (Lipinski definition) is 3. The maximum atomic E-state index is 13.2. The molecule has 1 aliphatic rings. The van der Waals surface area contributed by atoms with E-state index in [2.05, 4.69) is 4.72 Å². The van der Waals surface area contributed by atoms with E-state index in [0.29, 0.717) is 32.8 Å². The first kappa shape index (κ1) is 30.3. The highest BCUT2D eigenvalue weighted by Crippen LogP contribution is 2.30. The van der Waals surface area contributed by atoms with Crippen LogP contribution >= 0.6 is 0 Å². The number of rotatable bonds is 15. The summed E-state index contributed by atoms with van der Waals surface area (Å²) < 4.78 is 96.5. The molecule has 0 saturated carbocycles. The number of nitro benzene ring substituents is 1. The van der Waals surface area contributed by atoms with Gasteiger partial charge in [-0.15, -0.1) is 0 Å². The lowest BCUT2D eigenvalue weighted by Gasteiger charge is -2.28. The number of benzene rings is 1. The van der Waals surface area contributed by atoms with Crippen LogP contribution in [0.4, 0.5) is 11.4 Å². The van der Waals surface area contributed by atoms with E-state index >= 15 is 0 Å². The molecule has 3 N–H and O–H groups in total. The van der Waals surface area contributed by atoms with Crippen molar-refractivity contribution in [2.75, 3.05) is 68.9 Å². The van der Waals surface area contributed by atoms with Crippen molar-refractivity contribution in [3.05, 3.63) is 28.3 Å². The maximum absolute atomic E-state index is 13.2. The molecule has 0 amide bonds. The highest BCUT2D eigenvalue weighted by atomic mass is 32.2. The van der Waals surface area contributed by atoms with Crippen molar-refractivity contribution in [3.8, 4) is 0 Å². The fourth-order valence-electron chi connectivity index (χ4n) is 3.56. The Morgan fingerprint density at radius 3 is 2.06 bits per heavy atom. The molecule has 0 atom stereocenters. The first-order chi connectivity index (χ1) is 16.7. The predicted molar refractivity (Wildman–Crippen MR) is 130 cm³/mol. The Balaban J connectivity index is 2.33. The van der Waals surface area contributed by atoms with Crippen molar-refractivity contribution in [1.29, 1.82) is 0 Å². The first-order valence-corrected chi connectivity index (χ1v) is 15.6. The molecule has 1 aromatic rings. The van der Waals surface area contributed by atoms with Gasteiger partial charge in [-0.2, -0.15) is 16.8 Å². The molecule has 1 aliphatic heterocycles. The zero-order chi connectivity index (χ0) is 27.0. The van der Waals surface area contributed by atoms with E-state index in [4.69, 9.17) is 13.8 Å². The average molecular weight is 575 g/mol. The monoisotopic (exact) mass is 574 g/mol. The number of ether oxygens (including phenoxy) is 1. The molecule has 2 rings (SSSR count). The summed E-state index contributed by atoms with van der Waals surface area (Å²) >= 11 is 0. The van der Waals surface area contributed by atoms with E-state index in [-0.39, 0.29) is 38.2 Å². The number of hydrogen-bond acceptors (Lipinski definition) is 11. The Hall–Kier alpha value is -1.93. The minimum Gasteiger partial charge on any atom is -0.379 e. The second-order valence-electron chi connectivity index (χ2n) is 8.03. The fraction of sp³-hybridized carbons (Fsp3) is 0.667. The lowest BCUT2D eigenvalue weighted by Crippen LogP contribution is -2.41. The van der Waals surface area contributed by atoms with Gasteiger partial charge in [-0.05, 0) is 18.9 Å². The molecule has 1 saturated heterocycles. The van der Waals surface area contributed by atoms with Gasteiger partial charge in [0, 0.05) is 51.4 Å². The van der Waals surface area contributed by atoms with Crippen molar-refractivity contribution in [2.45, 2.75) is 17.7 Å². The Morgan fingerprint density at radius 1 is 1.00 bits per heavy atom. The van der Waals surface area contributed by atoms with Crippen LogP contribution in [0.3, 0.4) is 0 Å². The van der Waals surface area contributed by atoms with Crippen molar-refractivity contribution in [3.63, 3.8) is 0 Å². The highest BCUT2D eigenvalue weighted by Gasteiger charge is 2.26. The molecular weight excluding hydrogens is 544 g/mol. The molecule has 15 nitrogen and oxygen atoms in total. The summed E-state index contributed by atoms with van der Waals surface area (Å²) in [5.41, 5.74) is -0.520. The number of non-ortho nitro benzene ring substituents is 1. The average Bonchev–Trinajstić information content (AvgIpc) is 2.76. The third-order valence-corrected chi connectivity index (χ3v) is 8.37. The lowest BCUT2D eigenvalue weighted by molar-refractivity contribution is -0.385. The van der Waals surface area contributed by atoms with Gasteiger partial charge in [0.25, 0.3) is 25.9 Å². The number of anilines is 1. The summed E-state index contributed by atoms with van der Waals surface area (Å²) in [6.07, 6.45) is -0.294. The summed E-state index contributed by atoms with van der Waals surface area (Å²) in [6, 6.07) is 3.11. The molecule has 36 heavy (non-hydrogen) atoms. The van der Waals surface area contributed by atoms with E-state index < -0.39 is 57.3 Å². The largest absolute Gasteiger partial charge is 0.379 e. The third kappa shape index (κ3) is 10.6. The van der Waals surface area contributed by atoms with Crippen molar-refractivity contribution in [2.24, 2.45) is 0 Å². The van der Waals surface area contributed by atoms with Crippen LogP contribution in [0.25, 0.3) is 0 Å². The third-order valence-electron chi connectivity index (χ3n) is 5.27. The number of sulfonamides is 1. The van der Waals surface area contributed by atoms with Crippen LogP contribution < -0.4 is 9.62 Å². The van der Waals surface area contributed by atoms with Crippen LogP contribution in [0.1, 0.15) is 12.8 Å².